The number of hydrogen-bond donors (Lipinski definition) is 1. The van der Waals surface area contributed by atoms with Crippen LogP contribution in [0.2, 0.25) is 0 Å². The molecule has 0 radical (unpaired) electrons. The van der Waals surface area contributed by atoms with Crippen LogP contribution in [0.15, 0.2) is 55.2 Å². The smallest absolute Gasteiger partial charge is 0.258 e. The normalized spacial score (nSPS) is 10.9. The van der Waals surface area contributed by atoms with Crippen molar-refractivity contribution in [3.05, 3.63) is 60.8 Å². The van der Waals surface area contributed by atoms with Crippen molar-refractivity contribution in [2.45, 2.75) is 6.54 Å². The molecule has 0 unspecified atom stereocenters. The lowest BCUT2D eigenvalue weighted by Crippen LogP contribution is -2.28. The monoisotopic (exact) mass is 334 g/mol. The van der Waals surface area contributed by atoms with Crippen LogP contribution in [-0.2, 0) is 11.3 Å². The zero-order valence-corrected chi connectivity index (χ0v) is 13.2. The first-order chi connectivity index (χ1) is 12.3. The molecule has 8 heteroatoms. The van der Waals surface area contributed by atoms with Crippen LogP contribution in [0.3, 0.4) is 0 Å². The molecule has 1 amide bonds. The standard InChI is InChI=1S/C17H14N6O2/c24-15(19-8-12-9-22-23-7-3-6-18-16(12)23)10-25-17-13-4-1-2-5-14(13)20-11-21-17/h1-7,9,11H,8,10H2,(H,19,24). The summed E-state index contributed by atoms with van der Waals surface area (Å²) in [5, 5.41) is 7.74. The van der Waals surface area contributed by atoms with Gasteiger partial charge in [-0.05, 0) is 18.2 Å². The summed E-state index contributed by atoms with van der Waals surface area (Å²) in [6.07, 6.45) is 6.59. The van der Waals surface area contributed by atoms with E-state index in [0.29, 0.717) is 18.1 Å². The fourth-order valence-corrected chi connectivity index (χ4v) is 2.47. The Morgan fingerprint density at radius 3 is 3.04 bits per heavy atom. The fraction of sp³-hybridized carbons (Fsp3) is 0.118. The van der Waals surface area contributed by atoms with Crippen LogP contribution < -0.4 is 10.1 Å². The maximum Gasteiger partial charge on any atom is 0.258 e. The second-order valence-corrected chi connectivity index (χ2v) is 5.32. The third kappa shape index (κ3) is 3.09. The number of benzene rings is 1. The summed E-state index contributed by atoms with van der Waals surface area (Å²) in [4.78, 5) is 24.6. The Balaban J connectivity index is 1.39. The van der Waals surface area contributed by atoms with Crippen molar-refractivity contribution in [2.24, 2.45) is 0 Å². The molecule has 3 aromatic heterocycles. The average Bonchev–Trinajstić information content (AvgIpc) is 3.08. The van der Waals surface area contributed by atoms with E-state index in [1.54, 1.807) is 29.2 Å². The van der Waals surface area contributed by atoms with Gasteiger partial charge >= 0.3 is 0 Å². The largest absolute Gasteiger partial charge is 0.467 e. The summed E-state index contributed by atoms with van der Waals surface area (Å²) in [6.45, 7) is 0.195. The van der Waals surface area contributed by atoms with Gasteiger partial charge in [-0.3, -0.25) is 4.79 Å². The Morgan fingerprint density at radius 1 is 1.16 bits per heavy atom. The first-order valence-corrected chi connectivity index (χ1v) is 7.68. The lowest BCUT2D eigenvalue weighted by Gasteiger charge is -2.08. The molecule has 0 bridgehead atoms. The van der Waals surface area contributed by atoms with Gasteiger partial charge in [0.1, 0.15) is 6.33 Å². The van der Waals surface area contributed by atoms with E-state index in [9.17, 15) is 4.79 Å². The maximum atomic E-state index is 12.1. The van der Waals surface area contributed by atoms with Crippen LogP contribution >= 0.6 is 0 Å². The number of ether oxygens (including phenoxy) is 1. The Bertz CT molecular complexity index is 1040. The number of nitrogens with zero attached hydrogens (tertiary/aromatic N) is 5. The van der Waals surface area contributed by atoms with Gasteiger partial charge < -0.3 is 10.1 Å². The zero-order valence-electron chi connectivity index (χ0n) is 13.2. The van der Waals surface area contributed by atoms with Crippen molar-refractivity contribution < 1.29 is 9.53 Å². The zero-order chi connectivity index (χ0) is 17.1. The molecule has 4 aromatic rings. The lowest BCUT2D eigenvalue weighted by atomic mass is 10.2. The van der Waals surface area contributed by atoms with E-state index in [4.69, 9.17) is 4.74 Å². The molecule has 8 nitrogen and oxygen atoms in total. The van der Waals surface area contributed by atoms with Gasteiger partial charge in [-0.15, -0.1) is 0 Å². The van der Waals surface area contributed by atoms with Gasteiger partial charge in [-0.2, -0.15) is 5.10 Å². The van der Waals surface area contributed by atoms with E-state index >= 15 is 0 Å². The molecule has 0 saturated carbocycles. The molecule has 0 aliphatic carbocycles. The number of nitrogens with one attached hydrogen (secondary N) is 1. The highest BCUT2D eigenvalue weighted by atomic mass is 16.5. The Labute approximate surface area is 142 Å². The van der Waals surface area contributed by atoms with Crippen LogP contribution in [0.5, 0.6) is 5.88 Å². The third-order valence-electron chi connectivity index (χ3n) is 3.67. The van der Waals surface area contributed by atoms with E-state index in [0.717, 1.165) is 16.5 Å². The molecule has 124 valence electrons. The van der Waals surface area contributed by atoms with E-state index in [1.807, 2.05) is 24.3 Å². The number of rotatable bonds is 5. The Hall–Kier alpha value is -3.55. The van der Waals surface area contributed by atoms with Crippen molar-refractivity contribution in [3.63, 3.8) is 0 Å². The predicted octanol–water partition coefficient (Wildman–Crippen LogP) is 1.37. The number of carbonyl (C=O) groups is 1. The van der Waals surface area contributed by atoms with E-state index in [-0.39, 0.29) is 12.5 Å². The number of amides is 1. The van der Waals surface area contributed by atoms with Crippen molar-refractivity contribution in [2.75, 3.05) is 6.61 Å². The third-order valence-corrected chi connectivity index (χ3v) is 3.67. The summed E-state index contributed by atoms with van der Waals surface area (Å²) in [7, 11) is 0. The van der Waals surface area contributed by atoms with Gasteiger partial charge in [-0.1, -0.05) is 12.1 Å². The number of para-hydroxylation sites is 1. The highest BCUT2D eigenvalue weighted by Gasteiger charge is 2.09. The first-order valence-electron chi connectivity index (χ1n) is 7.68. The molecular formula is C17H14N6O2. The topological polar surface area (TPSA) is 94.3 Å². The highest BCUT2D eigenvalue weighted by Crippen LogP contribution is 2.20. The van der Waals surface area contributed by atoms with Crippen molar-refractivity contribution >= 4 is 22.5 Å². The quantitative estimate of drug-likeness (QED) is 0.592. The molecule has 4 rings (SSSR count). The lowest BCUT2D eigenvalue weighted by molar-refractivity contribution is -0.123. The summed E-state index contributed by atoms with van der Waals surface area (Å²) in [6, 6.07) is 9.27. The molecule has 0 spiro atoms. The minimum atomic E-state index is -0.252. The summed E-state index contributed by atoms with van der Waals surface area (Å²) >= 11 is 0. The van der Waals surface area contributed by atoms with Crippen molar-refractivity contribution in [3.8, 4) is 5.88 Å². The number of fused-ring (bicyclic) bond motifs is 2. The minimum Gasteiger partial charge on any atom is -0.467 e. The van der Waals surface area contributed by atoms with Gasteiger partial charge in [0.2, 0.25) is 5.88 Å². The summed E-state index contributed by atoms with van der Waals surface area (Å²) in [5.74, 6) is 0.136. The maximum absolute atomic E-state index is 12.1. The summed E-state index contributed by atoms with van der Waals surface area (Å²) < 4.78 is 7.20. The second kappa shape index (κ2) is 6.52. The molecule has 25 heavy (non-hydrogen) atoms. The van der Waals surface area contributed by atoms with E-state index in [2.05, 4.69) is 25.4 Å². The Morgan fingerprint density at radius 2 is 2.08 bits per heavy atom. The van der Waals surface area contributed by atoms with Crippen molar-refractivity contribution in [1.82, 2.24) is 29.9 Å². The van der Waals surface area contributed by atoms with Crippen LogP contribution in [0.25, 0.3) is 16.6 Å². The minimum absolute atomic E-state index is 0.131. The van der Waals surface area contributed by atoms with Gasteiger partial charge in [0, 0.05) is 24.5 Å². The molecule has 0 saturated heterocycles. The van der Waals surface area contributed by atoms with E-state index < -0.39 is 0 Å². The second-order valence-electron chi connectivity index (χ2n) is 5.32. The average molecular weight is 334 g/mol. The van der Waals surface area contributed by atoms with Crippen LogP contribution in [0, 0.1) is 0 Å². The fourth-order valence-electron chi connectivity index (χ4n) is 2.47. The highest BCUT2D eigenvalue weighted by molar-refractivity contribution is 5.84. The van der Waals surface area contributed by atoms with Gasteiger partial charge in [0.25, 0.3) is 5.91 Å². The molecule has 1 aromatic carbocycles. The van der Waals surface area contributed by atoms with Crippen LogP contribution in [-0.4, -0.2) is 37.1 Å². The molecule has 0 aliphatic heterocycles. The first kappa shape index (κ1) is 15.0. The molecule has 1 N–H and O–H groups in total. The molecule has 0 atom stereocenters. The van der Waals surface area contributed by atoms with Gasteiger partial charge in [-0.25, -0.2) is 19.5 Å². The Kier molecular flexibility index (Phi) is 3.91. The predicted molar refractivity (Wildman–Crippen MR) is 89.9 cm³/mol. The number of carbonyl (C=O) groups excluding carboxylic acids is 1. The molecular weight excluding hydrogens is 320 g/mol. The number of aromatic nitrogens is 5. The van der Waals surface area contributed by atoms with E-state index in [1.165, 1.54) is 6.33 Å². The molecule has 0 fully saturated rings. The molecule has 3 heterocycles. The van der Waals surface area contributed by atoms with Gasteiger partial charge in [0.05, 0.1) is 17.1 Å². The van der Waals surface area contributed by atoms with Gasteiger partial charge in [0.15, 0.2) is 12.3 Å². The van der Waals surface area contributed by atoms with Crippen LogP contribution in [0.4, 0.5) is 0 Å². The summed E-state index contributed by atoms with van der Waals surface area (Å²) in [5.41, 5.74) is 2.32. The van der Waals surface area contributed by atoms with Crippen LogP contribution in [0.1, 0.15) is 5.56 Å². The number of hydrogen-bond acceptors (Lipinski definition) is 6. The molecule has 0 aliphatic rings. The van der Waals surface area contributed by atoms with Crippen molar-refractivity contribution in [1.29, 1.82) is 0 Å². The SMILES string of the molecule is O=C(COc1ncnc2ccccc12)NCc1cnn2cccnc12.